The lowest BCUT2D eigenvalue weighted by Gasteiger charge is -2.26. The van der Waals surface area contributed by atoms with Crippen molar-refractivity contribution in [3.8, 4) is 0 Å². The summed E-state index contributed by atoms with van der Waals surface area (Å²) in [5.41, 5.74) is 4.74. The van der Waals surface area contributed by atoms with Gasteiger partial charge in [0.25, 0.3) is 0 Å². The van der Waals surface area contributed by atoms with Gasteiger partial charge in [-0.25, -0.2) is 0 Å². The van der Waals surface area contributed by atoms with Gasteiger partial charge >= 0.3 is 0 Å². The fourth-order valence-corrected chi connectivity index (χ4v) is 3.68. The largest absolute Gasteiger partial charge is 0.334 e. The molecule has 29 heavy (non-hydrogen) atoms. The van der Waals surface area contributed by atoms with Gasteiger partial charge < -0.3 is 4.90 Å². The number of H-pyrrole nitrogens is 1. The van der Waals surface area contributed by atoms with E-state index in [2.05, 4.69) is 27.8 Å². The van der Waals surface area contributed by atoms with Gasteiger partial charge in [-0.05, 0) is 48.6 Å². The Morgan fingerprint density at radius 3 is 2.90 bits per heavy atom. The zero-order valence-electron chi connectivity index (χ0n) is 16.7. The van der Waals surface area contributed by atoms with Crippen LogP contribution in [0.2, 0.25) is 0 Å². The molecule has 2 aliphatic rings. The molecule has 2 aromatic rings. The number of nitrogens with zero attached hydrogens (tertiary/aromatic N) is 3. The molecule has 3 heterocycles. The first-order chi connectivity index (χ1) is 14.0. The third-order valence-corrected chi connectivity index (χ3v) is 5.75. The topological polar surface area (TPSA) is 79.0 Å². The second-order valence-corrected chi connectivity index (χ2v) is 7.92. The predicted octanol–water partition coefficient (Wildman–Crippen LogP) is 3.40. The van der Waals surface area contributed by atoms with Crippen LogP contribution in [0.25, 0.3) is 5.57 Å². The Labute approximate surface area is 170 Å². The Kier molecular flexibility index (Phi) is 5.43. The van der Waals surface area contributed by atoms with E-state index in [9.17, 15) is 9.59 Å². The first-order valence-corrected chi connectivity index (χ1v) is 10.2. The molecule has 0 bridgehead atoms. The molecule has 1 unspecified atom stereocenters. The van der Waals surface area contributed by atoms with Gasteiger partial charge in [-0.3, -0.25) is 19.7 Å². The Bertz CT molecular complexity index is 954. The van der Waals surface area contributed by atoms with Gasteiger partial charge in [0, 0.05) is 43.2 Å². The highest BCUT2D eigenvalue weighted by atomic mass is 16.2. The molecule has 1 fully saturated rings. The van der Waals surface area contributed by atoms with Gasteiger partial charge in [-0.1, -0.05) is 25.6 Å². The molecule has 1 atom stereocenters. The van der Waals surface area contributed by atoms with E-state index in [4.69, 9.17) is 0 Å². The predicted molar refractivity (Wildman–Crippen MR) is 111 cm³/mol. The van der Waals surface area contributed by atoms with Crippen molar-refractivity contribution >= 4 is 17.3 Å². The smallest absolute Gasteiger partial charge is 0.246 e. The standard InChI is InChI=1S/C23H26N4O2/c1-3-23(29)27-10-4-5-18(14-27)20-9-8-17(13-24-20)15(2)22(28)12-19-11-21(26-25-19)16-6-7-16/h3,5,8-9,11,13,15-16H,1,4,6-7,10,12,14H2,2H3,(H,25,26). The zero-order chi connectivity index (χ0) is 20.4. The number of ketones is 1. The third kappa shape index (κ3) is 4.36. The van der Waals surface area contributed by atoms with Gasteiger partial charge in [0.15, 0.2) is 0 Å². The van der Waals surface area contributed by atoms with Crippen LogP contribution in [0.15, 0.2) is 43.1 Å². The van der Waals surface area contributed by atoms with E-state index in [-0.39, 0.29) is 17.6 Å². The number of carbonyl (C=O) groups is 2. The molecule has 6 heteroatoms. The molecule has 0 radical (unpaired) electrons. The van der Waals surface area contributed by atoms with E-state index in [0.717, 1.165) is 34.6 Å². The number of nitrogens with one attached hydrogen (secondary N) is 1. The fourth-order valence-electron chi connectivity index (χ4n) is 3.68. The summed E-state index contributed by atoms with van der Waals surface area (Å²) in [5, 5.41) is 7.32. The molecule has 0 spiro atoms. The van der Waals surface area contributed by atoms with Crippen molar-refractivity contribution < 1.29 is 9.59 Å². The average molecular weight is 390 g/mol. The van der Waals surface area contributed by atoms with E-state index in [1.54, 1.807) is 11.1 Å². The number of aromatic amines is 1. The van der Waals surface area contributed by atoms with Gasteiger partial charge in [-0.15, -0.1) is 0 Å². The number of Topliss-reactive ketones (excluding diaryl/α,β-unsaturated/α-hetero) is 1. The zero-order valence-corrected chi connectivity index (χ0v) is 16.7. The molecule has 4 rings (SSSR count). The van der Waals surface area contributed by atoms with Crippen molar-refractivity contribution in [2.45, 2.75) is 44.4 Å². The number of carbonyl (C=O) groups excluding carboxylic acids is 2. The van der Waals surface area contributed by atoms with E-state index in [0.29, 0.717) is 25.4 Å². The summed E-state index contributed by atoms with van der Waals surface area (Å²) in [7, 11) is 0. The first-order valence-electron chi connectivity index (χ1n) is 10.2. The lowest BCUT2D eigenvalue weighted by molar-refractivity contribution is -0.125. The van der Waals surface area contributed by atoms with Crippen LogP contribution in [-0.4, -0.2) is 44.9 Å². The van der Waals surface area contributed by atoms with Crippen LogP contribution in [0.4, 0.5) is 0 Å². The molecule has 1 aliphatic heterocycles. The second kappa shape index (κ2) is 8.15. The maximum atomic E-state index is 12.7. The van der Waals surface area contributed by atoms with Crippen LogP contribution in [0, 0.1) is 0 Å². The van der Waals surface area contributed by atoms with Crippen molar-refractivity contribution in [1.29, 1.82) is 0 Å². The quantitative estimate of drug-likeness (QED) is 0.735. The maximum absolute atomic E-state index is 12.7. The monoisotopic (exact) mass is 390 g/mol. The van der Waals surface area contributed by atoms with Crippen LogP contribution in [0.3, 0.4) is 0 Å². The molecule has 1 aliphatic carbocycles. The van der Waals surface area contributed by atoms with Gasteiger partial charge in [-0.2, -0.15) is 5.10 Å². The molecule has 0 aromatic carbocycles. The van der Waals surface area contributed by atoms with E-state index >= 15 is 0 Å². The summed E-state index contributed by atoms with van der Waals surface area (Å²) in [4.78, 5) is 30.9. The number of hydrogen-bond donors (Lipinski definition) is 1. The molecule has 0 saturated heterocycles. The normalized spacial score (nSPS) is 17.6. The molecule has 150 valence electrons. The molecule has 6 nitrogen and oxygen atoms in total. The van der Waals surface area contributed by atoms with E-state index in [1.807, 2.05) is 25.1 Å². The van der Waals surface area contributed by atoms with Gasteiger partial charge in [0.2, 0.25) is 5.91 Å². The van der Waals surface area contributed by atoms with Gasteiger partial charge in [0.05, 0.1) is 11.4 Å². The highest BCUT2D eigenvalue weighted by Gasteiger charge is 2.27. The van der Waals surface area contributed by atoms with Crippen LogP contribution in [-0.2, 0) is 16.0 Å². The summed E-state index contributed by atoms with van der Waals surface area (Å²) in [5.74, 6) is 0.430. The van der Waals surface area contributed by atoms with Crippen molar-refractivity contribution in [3.63, 3.8) is 0 Å². The van der Waals surface area contributed by atoms with Crippen molar-refractivity contribution in [3.05, 3.63) is 65.8 Å². The highest BCUT2D eigenvalue weighted by molar-refractivity contribution is 5.89. The Morgan fingerprint density at radius 1 is 1.38 bits per heavy atom. The minimum absolute atomic E-state index is 0.0601. The Hall–Kier alpha value is -3.02. The van der Waals surface area contributed by atoms with Crippen LogP contribution >= 0.6 is 0 Å². The van der Waals surface area contributed by atoms with Crippen molar-refractivity contribution in [2.75, 3.05) is 13.1 Å². The van der Waals surface area contributed by atoms with E-state index < -0.39 is 0 Å². The molecule has 1 saturated carbocycles. The molecular formula is C23H26N4O2. The van der Waals surface area contributed by atoms with E-state index in [1.165, 1.54) is 18.9 Å². The number of hydrogen-bond acceptors (Lipinski definition) is 4. The Balaban J connectivity index is 1.40. The third-order valence-electron chi connectivity index (χ3n) is 5.75. The first kappa shape index (κ1) is 19.3. The van der Waals surface area contributed by atoms with Crippen molar-refractivity contribution in [1.82, 2.24) is 20.1 Å². The summed E-state index contributed by atoms with van der Waals surface area (Å²) >= 11 is 0. The highest BCUT2D eigenvalue weighted by Crippen LogP contribution is 2.39. The summed E-state index contributed by atoms with van der Waals surface area (Å²) in [6.45, 7) is 6.72. The minimum atomic E-state index is -0.233. The number of amides is 1. The molecule has 1 N–H and O–H groups in total. The average Bonchev–Trinajstić information content (AvgIpc) is 3.52. The second-order valence-electron chi connectivity index (χ2n) is 7.92. The van der Waals surface area contributed by atoms with Crippen LogP contribution < -0.4 is 0 Å². The summed E-state index contributed by atoms with van der Waals surface area (Å²) in [6, 6.07) is 5.92. The lowest BCUT2D eigenvalue weighted by Crippen LogP contribution is -2.34. The maximum Gasteiger partial charge on any atom is 0.246 e. The lowest BCUT2D eigenvalue weighted by atomic mass is 9.94. The number of pyridine rings is 1. The van der Waals surface area contributed by atoms with Gasteiger partial charge in [0.1, 0.15) is 5.78 Å². The minimum Gasteiger partial charge on any atom is -0.334 e. The van der Waals surface area contributed by atoms with Crippen LogP contribution in [0.1, 0.15) is 60.7 Å². The fraction of sp³-hybridized carbons (Fsp3) is 0.391. The summed E-state index contributed by atoms with van der Waals surface area (Å²) < 4.78 is 0. The summed E-state index contributed by atoms with van der Waals surface area (Å²) in [6.07, 6.45) is 8.80. The number of rotatable bonds is 7. The number of aromatic nitrogens is 3. The SMILES string of the molecule is C=CC(=O)N1CCC=C(c2ccc(C(C)C(=O)Cc3cc(C4CC4)n[nH]3)cn2)C1. The molecule has 2 aromatic heterocycles. The van der Waals surface area contributed by atoms with Crippen molar-refractivity contribution in [2.24, 2.45) is 0 Å². The molecule has 1 amide bonds. The Morgan fingerprint density at radius 2 is 2.21 bits per heavy atom. The molecular weight excluding hydrogens is 364 g/mol. The van der Waals surface area contributed by atoms with Crippen LogP contribution in [0.5, 0.6) is 0 Å².